The molecule has 0 saturated heterocycles. The molecule has 1 heterocycles. The summed E-state index contributed by atoms with van der Waals surface area (Å²) >= 11 is 0. The molecule has 0 N–H and O–H groups in total. The van der Waals surface area contributed by atoms with Gasteiger partial charge in [-0.15, -0.1) is 0 Å². The lowest BCUT2D eigenvalue weighted by Crippen LogP contribution is -2.19. The second kappa shape index (κ2) is 5.15. The lowest BCUT2D eigenvalue weighted by molar-refractivity contribution is -0.104. The maximum Gasteiger partial charge on any atom is 0.145 e. The normalized spacial score (nSPS) is 17.4. The summed E-state index contributed by atoms with van der Waals surface area (Å²) in [5.74, 6) is 0.994. The molecule has 0 saturated carbocycles. The van der Waals surface area contributed by atoms with Crippen molar-refractivity contribution in [1.82, 2.24) is 0 Å². The summed E-state index contributed by atoms with van der Waals surface area (Å²) in [7, 11) is 0. The minimum atomic E-state index is -0.0541. The van der Waals surface area contributed by atoms with Crippen LogP contribution < -0.4 is 0 Å². The number of ether oxygens (including phenoxy) is 1. The molecule has 1 aliphatic rings. The maximum atomic E-state index is 10.5. The summed E-state index contributed by atoms with van der Waals surface area (Å²) in [6.07, 6.45) is 7.79. The van der Waals surface area contributed by atoms with E-state index >= 15 is 0 Å². The maximum absolute atomic E-state index is 10.5. The number of hydrogen-bond donors (Lipinski definition) is 0. The number of carbonyl (C=O) groups excluding carboxylic acids is 1. The lowest BCUT2D eigenvalue weighted by Gasteiger charge is -2.28. The van der Waals surface area contributed by atoms with Gasteiger partial charge in [0.1, 0.15) is 18.7 Å². The highest BCUT2D eigenvalue weighted by Crippen LogP contribution is 2.33. The molecule has 0 aromatic rings. The SMILES string of the molecule is CC1=CC=C(C(C)(C)C/C=C(\C)C=O)OC1. The minimum absolute atomic E-state index is 0.0541. The summed E-state index contributed by atoms with van der Waals surface area (Å²) < 4.78 is 5.70. The van der Waals surface area contributed by atoms with Crippen molar-refractivity contribution >= 4 is 6.29 Å². The van der Waals surface area contributed by atoms with Gasteiger partial charge in [-0.25, -0.2) is 0 Å². The third kappa shape index (κ3) is 3.37. The third-order valence-electron chi connectivity index (χ3n) is 2.76. The van der Waals surface area contributed by atoms with Crippen molar-refractivity contribution < 1.29 is 9.53 Å². The van der Waals surface area contributed by atoms with Crippen molar-refractivity contribution in [2.75, 3.05) is 6.61 Å². The van der Waals surface area contributed by atoms with Gasteiger partial charge in [-0.1, -0.05) is 26.0 Å². The molecule has 16 heavy (non-hydrogen) atoms. The molecule has 0 bridgehead atoms. The zero-order chi connectivity index (χ0) is 12.2. The molecular weight excluding hydrogens is 200 g/mol. The largest absolute Gasteiger partial charge is 0.493 e. The molecule has 0 aromatic heterocycles. The lowest BCUT2D eigenvalue weighted by atomic mass is 9.85. The number of carbonyl (C=O) groups is 1. The highest BCUT2D eigenvalue weighted by molar-refractivity contribution is 5.71. The molecule has 0 spiro atoms. The van der Waals surface area contributed by atoms with E-state index in [0.29, 0.717) is 6.61 Å². The van der Waals surface area contributed by atoms with E-state index in [2.05, 4.69) is 26.8 Å². The molecule has 0 aliphatic carbocycles. The van der Waals surface area contributed by atoms with Crippen LogP contribution in [0, 0.1) is 5.41 Å². The second-order valence-corrected chi connectivity index (χ2v) is 4.99. The zero-order valence-corrected chi connectivity index (χ0v) is 10.5. The van der Waals surface area contributed by atoms with Gasteiger partial charge in [-0.3, -0.25) is 4.79 Å². The fraction of sp³-hybridized carbons (Fsp3) is 0.500. The number of allylic oxidation sites excluding steroid dienone is 5. The van der Waals surface area contributed by atoms with E-state index in [1.807, 2.05) is 19.1 Å². The van der Waals surface area contributed by atoms with Gasteiger partial charge in [-0.05, 0) is 37.5 Å². The molecule has 2 nitrogen and oxygen atoms in total. The average molecular weight is 220 g/mol. The Bertz CT molecular complexity index is 357. The molecule has 1 aliphatic heterocycles. The van der Waals surface area contributed by atoms with E-state index in [4.69, 9.17) is 4.74 Å². The first-order chi connectivity index (χ1) is 7.45. The number of hydrogen-bond acceptors (Lipinski definition) is 2. The van der Waals surface area contributed by atoms with Gasteiger partial charge in [0.15, 0.2) is 0 Å². The van der Waals surface area contributed by atoms with Crippen LogP contribution in [-0.2, 0) is 9.53 Å². The third-order valence-corrected chi connectivity index (χ3v) is 2.76. The first kappa shape index (κ1) is 12.8. The Kier molecular flexibility index (Phi) is 4.11. The molecule has 0 amide bonds. The van der Waals surface area contributed by atoms with Crippen LogP contribution in [0.2, 0.25) is 0 Å². The highest BCUT2D eigenvalue weighted by atomic mass is 16.5. The van der Waals surface area contributed by atoms with Gasteiger partial charge in [0.05, 0.1) is 0 Å². The summed E-state index contributed by atoms with van der Waals surface area (Å²) in [5, 5.41) is 0. The van der Waals surface area contributed by atoms with Crippen molar-refractivity contribution in [1.29, 1.82) is 0 Å². The van der Waals surface area contributed by atoms with Crippen molar-refractivity contribution in [2.24, 2.45) is 5.41 Å². The van der Waals surface area contributed by atoms with Gasteiger partial charge in [0.2, 0.25) is 0 Å². The smallest absolute Gasteiger partial charge is 0.145 e. The van der Waals surface area contributed by atoms with Gasteiger partial charge < -0.3 is 4.74 Å². The van der Waals surface area contributed by atoms with E-state index in [-0.39, 0.29) is 5.41 Å². The standard InChI is InChI=1S/C14H20O2/c1-11(9-15)7-8-14(3,4)13-6-5-12(2)10-16-13/h5-7,9H,8,10H2,1-4H3/b11-7+. The Labute approximate surface area is 97.7 Å². The quantitative estimate of drug-likeness (QED) is 0.536. The van der Waals surface area contributed by atoms with Crippen LogP contribution in [0.3, 0.4) is 0 Å². The molecule has 0 fully saturated rings. The van der Waals surface area contributed by atoms with Crippen LogP contribution in [-0.4, -0.2) is 12.9 Å². The second-order valence-electron chi connectivity index (χ2n) is 4.99. The predicted molar refractivity (Wildman–Crippen MR) is 66.0 cm³/mol. The average Bonchev–Trinajstić information content (AvgIpc) is 2.26. The summed E-state index contributed by atoms with van der Waals surface area (Å²) in [6.45, 7) is 8.80. The molecule has 0 radical (unpaired) electrons. The van der Waals surface area contributed by atoms with E-state index in [0.717, 1.165) is 24.0 Å². The van der Waals surface area contributed by atoms with Crippen LogP contribution in [0.5, 0.6) is 0 Å². The fourth-order valence-corrected chi connectivity index (χ4v) is 1.49. The van der Waals surface area contributed by atoms with Crippen molar-refractivity contribution in [3.05, 3.63) is 35.1 Å². The van der Waals surface area contributed by atoms with E-state index in [1.165, 1.54) is 5.57 Å². The van der Waals surface area contributed by atoms with Crippen molar-refractivity contribution in [3.63, 3.8) is 0 Å². The van der Waals surface area contributed by atoms with E-state index in [9.17, 15) is 4.79 Å². The van der Waals surface area contributed by atoms with Gasteiger partial charge >= 0.3 is 0 Å². The van der Waals surface area contributed by atoms with Gasteiger partial charge in [0.25, 0.3) is 0 Å². The minimum Gasteiger partial charge on any atom is -0.493 e. The van der Waals surface area contributed by atoms with Crippen LogP contribution in [0.4, 0.5) is 0 Å². The molecule has 0 atom stereocenters. The molecule has 1 rings (SSSR count). The van der Waals surface area contributed by atoms with E-state index < -0.39 is 0 Å². The summed E-state index contributed by atoms with van der Waals surface area (Å²) in [5.41, 5.74) is 1.96. The fourth-order valence-electron chi connectivity index (χ4n) is 1.49. The Morgan fingerprint density at radius 1 is 1.50 bits per heavy atom. The Balaban J connectivity index is 2.74. The highest BCUT2D eigenvalue weighted by Gasteiger charge is 2.24. The van der Waals surface area contributed by atoms with E-state index in [1.54, 1.807) is 0 Å². The molecular formula is C14H20O2. The van der Waals surface area contributed by atoms with Crippen molar-refractivity contribution in [3.8, 4) is 0 Å². The van der Waals surface area contributed by atoms with Gasteiger partial charge in [0, 0.05) is 5.41 Å². The van der Waals surface area contributed by atoms with Crippen LogP contribution in [0.15, 0.2) is 35.1 Å². The summed E-state index contributed by atoms with van der Waals surface area (Å²) in [4.78, 5) is 10.5. The zero-order valence-electron chi connectivity index (χ0n) is 10.5. The Hall–Kier alpha value is -1.31. The topological polar surface area (TPSA) is 26.3 Å². The summed E-state index contributed by atoms with van der Waals surface area (Å²) in [6, 6.07) is 0. The van der Waals surface area contributed by atoms with Crippen LogP contribution in [0.25, 0.3) is 0 Å². The molecule has 2 heteroatoms. The van der Waals surface area contributed by atoms with Crippen LogP contribution in [0.1, 0.15) is 34.1 Å². The first-order valence-corrected chi connectivity index (χ1v) is 5.58. The van der Waals surface area contributed by atoms with Gasteiger partial charge in [-0.2, -0.15) is 0 Å². The number of aldehydes is 1. The van der Waals surface area contributed by atoms with Crippen molar-refractivity contribution in [2.45, 2.75) is 34.1 Å². The number of rotatable bonds is 4. The molecule has 0 unspecified atom stereocenters. The predicted octanol–water partition coefficient (Wildman–Crippen LogP) is 3.41. The molecule has 88 valence electrons. The first-order valence-electron chi connectivity index (χ1n) is 5.58. The molecule has 0 aromatic carbocycles. The Morgan fingerprint density at radius 2 is 2.19 bits per heavy atom. The Morgan fingerprint density at radius 3 is 2.69 bits per heavy atom. The monoisotopic (exact) mass is 220 g/mol. The van der Waals surface area contributed by atoms with Crippen LogP contribution >= 0.6 is 0 Å².